The molecular weight excluding hydrogens is 478 g/mol. The number of carbonyl (C=O) groups excluding carboxylic acids is 1. The molecule has 0 unspecified atom stereocenters. The molecule has 0 atom stereocenters. The minimum atomic E-state index is -1.16. The van der Waals surface area contributed by atoms with E-state index in [0.717, 1.165) is 5.56 Å². The average Bonchev–Trinajstić information content (AvgIpc) is 2.85. The molecule has 0 saturated heterocycles. The Hall–Kier alpha value is -4.05. The zero-order valence-corrected chi connectivity index (χ0v) is 21.7. The van der Waals surface area contributed by atoms with E-state index in [0.29, 0.717) is 45.8 Å². The lowest BCUT2D eigenvalue weighted by atomic mass is 10.0. The van der Waals surface area contributed by atoms with Gasteiger partial charge in [0.05, 0.1) is 41.5 Å². The number of aromatic nitrogens is 1. The number of carbonyl (C=O) groups is 2. The molecule has 0 aliphatic heterocycles. The number of hydrogen-bond acceptors (Lipinski definition) is 8. The summed E-state index contributed by atoms with van der Waals surface area (Å²) in [6, 6.07) is 8.44. The second-order valence-electron chi connectivity index (χ2n) is 9.19. The molecule has 10 nitrogen and oxygen atoms in total. The van der Waals surface area contributed by atoms with Gasteiger partial charge in [-0.3, -0.25) is 9.78 Å². The molecule has 0 saturated carbocycles. The number of anilines is 1. The lowest BCUT2D eigenvalue weighted by molar-refractivity contribution is 0.0696. The number of nitrogens with one attached hydrogen (secondary N) is 1. The van der Waals surface area contributed by atoms with Crippen LogP contribution in [0.25, 0.3) is 10.9 Å². The summed E-state index contributed by atoms with van der Waals surface area (Å²) >= 11 is 0. The highest BCUT2D eigenvalue weighted by atomic mass is 16.5. The molecule has 2 aromatic carbocycles. The maximum Gasteiger partial charge on any atom is 0.339 e. The van der Waals surface area contributed by atoms with Crippen LogP contribution in [0.5, 0.6) is 17.2 Å². The van der Waals surface area contributed by atoms with Crippen LogP contribution in [0.2, 0.25) is 0 Å². The van der Waals surface area contributed by atoms with E-state index < -0.39 is 11.5 Å². The van der Waals surface area contributed by atoms with E-state index in [1.165, 1.54) is 7.11 Å². The molecule has 37 heavy (non-hydrogen) atoms. The van der Waals surface area contributed by atoms with Gasteiger partial charge in [-0.1, -0.05) is 13.0 Å². The summed E-state index contributed by atoms with van der Waals surface area (Å²) in [6.07, 6.45) is 0.619. The number of fused-ring (bicyclic) bond motifs is 1. The van der Waals surface area contributed by atoms with Gasteiger partial charge in [-0.15, -0.1) is 0 Å². The van der Waals surface area contributed by atoms with Crippen LogP contribution in [0.15, 0.2) is 30.3 Å². The minimum absolute atomic E-state index is 0.0598. The number of methoxy groups -OCH3 is 1. The van der Waals surface area contributed by atoms with E-state index in [1.54, 1.807) is 45.0 Å². The van der Waals surface area contributed by atoms with Crippen LogP contribution >= 0.6 is 0 Å². The topological polar surface area (TPSA) is 153 Å². The summed E-state index contributed by atoms with van der Waals surface area (Å²) in [5.41, 5.74) is 7.51. The molecular formula is C27H33N3O7. The Morgan fingerprint density at radius 3 is 2.46 bits per heavy atom. The van der Waals surface area contributed by atoms with Gasteiger partial charge in [0, 0.05) is 11.6 Å². The number of carboxylic acids is 1. The van der Waals surface area contributed by atoms with E-state index in [-0.39, 0.29) is 37.0 Å². The van der Waals surface area contributed by atoms with Crippen LogP contribution in [0.1, 0.15) is 52.7 Å². The Morgan fingerprint density at radius 1 is 1.14 bits per heavy atom. The predicted octanol–water partition coefficient (Wildman–Crippen LogP) is 3.35. The maximum absolute atomic E-state index is 13.1. The Kier molecular flexibility index (Phi) is 8.44. The summed E-state index contributed by atoms with van der Waals surface area (Å²) in [5, 5.41) is 22.1. The maximum atomic E-state index is 13.1. The van der Waals surface area contributed by atoms with Gasteiger partial charge in [0.25, 0.3) is 5.91 Å². The minimum Gasteiger partial charge on any atom is -0.497 e. The van der Waals surface area contributed by atoms with Crippen molar-refractivity contribution in [1.29, 1.82) is 0 Å². The van der Waals surface area contributed by atoms with Gasteiger partial charge in [-0.2, -0.15) is 0 Å². The number of ether oxygens (including phenoxy) is 3. The number of aryl methyl sites for hydroxylation is 2. The Morgan fingerprint density at radius 2 is 1.84 bits per heavy atom. The number of pyridine rings is 1. The van der Waals surface area contributed by atoms with Gasteiger partial charge in [0.1, 0.15) is 36.0 Å². The van der Waals surface area contributed by atoms with Crippen LogP contribution < -0.4 is 25.3 Å². The molecule has 1 amide bonds. The van der Waals surface area contributed by atoms with Gasteiger partial charge < -0.3 is 35.5 Å². The lowest BCUT2D eigenvalue weighted by Crippen LogP contribution is -2.47. The molecule has 0 bridgehead atoms. The Balaban J connectivity index is 1.89. The molecule has 1 aromatic heterocycles. The number of nitrogens with two attached hydrogens (primary N) is 1. The third-order valence-electron chi connectivity index (χ3n) is 5.77. The van der Waals surface area contributed by atoms with E-state index in [2.05, 4.69) is 10.3 Å². The van der Waals surface area contributed by atoms with E-state index in [1.807, 2.05) is 13.0 Å². The molecule has 0 spiro atoms. The number of nitrogens with zero attached hydrogens (tertiary/aromatic N) is 1. The van der Waals surface area contributed by atoms with Crippen molar-refractivity contribution in [3.63, 3.8) is 0 Å². The molecule has 0 aliphatic rings. The molecule has 1 heterocycles. The predicted molar refractivity (Wildman–Crippen MR) is 140 cm³/mol. The van der Waals surface area contributed by atoms with Gasteiger partial charge in [0.2, 0.25) is 0 Å². The largest absolute Gasteiger partial charge is 0.497 e. The monoisotopic (exact) mass is 511 g/mol. The summed E-state index contributed by atoms with van der Waals surface area (Å²) in [6.45, 7) is 7.16. The molecule has 198 valence electrons. The SMILES string of the molecule is CCc1ccc2nc(C)c(C(=O)O)c(N)c2c1OCC(C)(C)NC(=O)c1cc(OC)cc(OCCO)c1. The number of carboxylic acid groups (broad SMARTS) is 1. The van der Waals surface area contributed by atoms with Crippen molar-refractivity contribution in [2.75, 3.05) is 32.7 Å². The highest BCUT2D eigenvalue weighted by Gasteiger charge is 2.26. The van der Waals surface area contributed by atoms with Crippen molar-refractivity contribution >= 4 is 28.5 Å². The van der Waals surface area contributed by atoms with Crippen molar-refractivity contribution in [2.24, 2.45) is 0 Å². The molecule has 0 fully saturated rings. The fraction of sp³-hybridized carbons (Fsp3) is 0.370. The van der Waals surface area contributed by atoms with Crippen molar-refractivity contribution in [3.8, 4) is 17.2 Å². The number of hydrogen-bond donors (Lipinski definition) is 4. The van der Waals surface area contributed by atoms with Crippen LogP contribution in [-0.4, -0.2) is 59.5 Å². The third kappa shape index (κ3) is 6.21. The quantitative estimate of drug-likeness (QED) is 0.303. The van der Waals surface area contributed by atoms with Crippen molar-refractivity contribution in [2.45, 2.75) is 39.7 Å². The Bertz CT molecular complexity index is 1320. The summed E-state index contributed by atoms with van der Waals surface area (Å²) in [5.74, 6) is -0.268. The highest BCUT2D eigenvalue weighted by molar-refractivity contribution is 6.07. The standard InChI is InChI=1S/C27H33N3O7/c1-6-16-7-8-20-22(23(28)21(26(33)34)15(2)29-20)24(16)37-14-27(3,4)30-25(32)17-11-18(35-5)13-19(12-17)36-10-9-31/h7-8,11-13,31H,6,9-10,14H2,1-5H3,(H2,28,29)(H,30,32)(H,33,34). The summed E-state index contributed by atoms with van der Waals surface area (Å²) in [7, 11) is 1.48. The normalized spacial score (nSPS) is 11.3. The Labute approximate surface area is 215 Å². The van der Waals surface area contributed by atoms with Gasteiger partial charge in [-0.25, -0.2) is 4.79 Å². The first-order valence-corrected chi connectivity index (χ1v) is 11.8. The van der Waals surface area contributed by atoms with Crippen LogP contribution in [0.4, 0.5) is 5.69 Å². The van der Waals surface area contributed by atoms with E-state index in [4.69, 9.17) is 25.1 Å². The second-order valence-corrected chi connectivity index (χ2v) is 9.19. The number of aliphatic hydroxyl groups excluding tert-OH is 1. The molecule has 0 aliphatic carbocycles. The summed E-state index contributed by atoms with van der Waals surface area (Å²) in [4.78, 5) is 29.3. The zero-order valence-electron chi connectivity index (χ0n) is 21.7. The fourth-order valence-corrected chi connectivity index (χ4v) is 3.97. The third-order valence-corrected chi connectivity index (χ3v) is 5.77. The van der Waals surface area contributed by atoms with Gasteiger partial charge in [0.15, 0.2) is 0 Å². The van der Waals surface area contributed by atoms with Crippen molar-refractivity contribution < 1.29 is 34.0 Å². The molecule has 0 radical (unpaired) electrons. The highest BCUT2D eigenvalue weighted by Crippen LogP contribution is 2.37. The summed E-state index contributed by atoms with van der Waals surface area (Å²) < 4.78 is 16.9. The van der Waals surface area contributed by atoms with Crippen molar-refractivity contribution in [1.82, 2.24) is 10.3 Å². The number of benzene rings is 2. The number of nitrogen functional groups attached to an aromatic ring is 1. The molecule has 5 N–H and O–H groups in total. The van der Waals surface area contributed by atoms with Gasteiger partial charge in [-0.05, 0) is 51.0 Å². The first-order chi connectivity index (χ1) is 17.5. The second kappa shape index (κ2) is 11.3. The molecule has 3 aromatic rings. The number of aromatic carboxylic acids is 1. The van der Waals surface area contributed by atoms with Crippen molar-refractivity contribution in [3.05, 3.63) is 52.7 Å². The first-order valence-electron chi connectivity index (χ1n) is 11.8. The fourth-order valence-electron chi connectivity index (χ4n) is 3.97. The van der Waals surface area contributed by atoms with Crippen LogP contribution in [-0.2, 0) is 6.42 Å². The zero-order chi connectivity index (χ0) is 27.3. The van der Waals surface area contributed by atoms with E-state index >= 15 is 0 Å². The number of rotatable bonds is 11. The van der Waals surface area contributed by atoms with Crippen LogP contribution in [0, 0.1) is 6.92 Å². The van der Waals surface area contributed by atoms with Gasteiger partial charge >= 0.3 is 5.97 Å². The van der Waals surface area contributed by atoms with Crippen LogP contribution in [0.3, 0.4) is 0 Å². The van der Waals surface area contributed by atoms with E-state index in [9.17, 15) is 14.7 Å². The number of amides is 1. The smallest absolute Gasteiger partial charge is 0.339 e. The molecule has 10 heteroatoms. The first kappa shape index (κ1) is 27.5. The molecule has 3 rings (SSSR count). The number of aliphatic hydroxyl groups is 1. The lowest BCUT2D eigenvalue weighted by Gasteiger charge is -2.28. The average molecular weight is 512 g/mol.